The number of carbonyl (C=O) groups is 2. The van der Waals surface area contributed by atoms with Gasteiger partial charge in [-0.2, -0.15) is 11.8 Å². The van der Waals surface area contributed by atoms with Crippen molar-refractivity contribution in [1.82, 2.24) is 10.2 Å². The first-order valence-corrected chi connectivity index (χ1v) is 8.91. The zero-order valence-electron chi connectivity index (χ0n) is 13.5. The molecule has 0 saturated heterocycles. The van der Waals surface area contributed by atoms with Crippen molar-refractivity contribution in [2.24, 2.45) is 5.41 Å². The quantitative estimate of drug-likeness (QED) is 0.790. The van der Waals surface area contributed by atoms with Gasteiger partial charge in [-0.1, -0.05) is 13.8 Å². The van der Waals surface area contributed by atoms with Crippen LogP contribution in [0.15, 0.2) is 0 Å². The van der Waals surface area contributed by atoms with E-state index in [0.29, 0.717) is 11.8 Å². The predicted octanol–water partition coefficient (Wildman–Crippen LogP) is 2.80. The van der Waals surface area contributed by atoms with Gasteiger partial charge < -0.3 is 15.3 Å². The van der Waals surface area contributed by atoms with Gasteiger partial charge in [0.2, 0.25) is 0 Å². The fraction of sp³-hybridized carbons (Fsp3) is 0.867. The number of nitrogens with one attached hydrogen (secondary N) is 1. The van der Waals surface area contributed by atoms with Gasteiger partial charge in [0.15, 0.2) is 0 Å². The van der Waals surface area contributed by atoms with Crippen LogP contribution in [0.25, 0.3) is 0 Å². The first-order valence-electron chi connectivity index (χ1n) is 7.52. The van der Waals surface area contributed by atoms with Crippen molar-refractivity contribution >= 4 is 23.8 Å². The molecule has 0 radical (unpaired) electrons. The lowest BCUT2D eigenvalue weighted by Crippen LogP contribution is -2.51. The van der Waals surface area contributed by atoms with Gasteiger partial charge in [-0.25, -0.2) is 9.59 Å². The first kappa shape index (κ1) is 18.1. The summed E-state index contributed by atoms with van der Waals surface area (Å²) in [5.41, 5.74) is 0.357. The van der Waals surface area contributed by atoms with Gasteiger partial charge in [-0.05, 0) is 49.5 Å². The minimum absolute atomic E-state index is 0.216. The second-order valence-corrected chi connectivity index (χ2v) is 7.61. The van der Waals surface area contributed by atoms with Crippen molar-refractivity contribution in [3.63, 3.8) is 0 Å². The van der Waals surface area contributed by atoms with Gasteiger partial charge >= 0.3 is 12.0 Å². The fourth-order valence-corrected chi connectivity index (χ4v) is 3.15. The standard InChI is InChI=1S/C15H28N2O3S/c1-15(2)8-5-11(6-9-15)17(3)14(20)16-12(13(18)19)7-10-21-4/h11-12H,5-10H2,1-4H3,(H,16,20)(H,18,19). The third-order valence-corrected chi connectivity index (χ3v) is 5.03. The Labute approximate surface area is 131 Å². The molecule has 6 heteroatoms. The van der Waals surface area contributed by atoms with Crippen molar-refractivity contribution in [3.05, 3.63) is 0 Å². The van der Waals surface area contributed by atoms with Crippen LogP contribution in [-0.2, 0) is 4.79 Å². The lowest BCUT2D eigenvalue weighted by molar-refractivity contribution is -0.139. The number of amides is 2. The topological polar surface area (TPSA) is 69.6 Å². The SMILES string of the molecule is CSCCC(NC(=O)N(C)C1CCC(C)(C)CC1)C(=O)O. The van der Waals surface area contributed by atoms with E-state index in [4.69, 9.17) is 5.11 Å². The summed E-state index contributed by atoms with van der Waals surface area (Å²) in [6, 6.07) is -0.853. The summed E-state index contributed by atoms with van der Waals surface area (Å²) >= 11 is 1.58. The smallest absolute Gasteiger partial charge is 0.326 e. The normalized spacial score (nSPS) is 19.8. The van der Waals surface area contributed by atoms with Crippen molar-refractivity contribution in [1.29, 1.82) is 0 Å². The van der Waals surface area contributed by atoms with Crippen LogP contribution in [-0.4, -0.2) is 53.1 Å². The molecule has 2 amide bonds. The summed E-state index contributed by atoms with van der Waals surface area (Å²) in [4.78, 5) is 25.1. The third kappa shape index (κ3) is 5.77. The predicted molar refractivity (Wildman–Crippen MR) is 86.8 cm³/mol. The molecule has 1 saturated carbocycles. The number of thioether (sulfide) groups is 1. The summed E-state index contributed by atoms with van der Waals surface area (Å²) in [6.07, 6.45) is 6.55. The van der Waals surface area contributed by atoms with E-state index in [-0.39, 0.29) is 12.1 Å². The van der Waals surface area contributed by atoms with Crippen LogP contribution in [0.3, 0.4) is 0 Å². The molecule has 2 N–H and O–H groups in total. The molecule has 5 nitrogen and oxygen atoms in total. The molecule has 1 aliphatic carbocycles. The molecule has 1 atom stereocenters. The number of hydrogen-bond acceptors (Lipinski definition) is 3. The molecular weight excluding hydrogens is 288 g/mol. The van der Waals surface area contributed by atoms with Crippen molar-refractivity contribution in [3.8, 4) is 0 Å². The van der Waals surface area contributed by atoms with Crippen LogP contribution in [0.2, 0.25) is 0 Å². The summed E-state index contributed by atoms with van der Waals surface area (Å²) in [7, 11) is 1.77. The van der Waals surface area contributed by atoms with Crippen LogP contribution < -0.4 is 5.32 Å². The molecule has 0 spiro atoms. The van der Waals surface area contributed by atoms with Gasteiger partial charge in [0.25, 0.3) is 0 Å². The van der Waals surface area contributed by atoms with E-state index in [1.807, 2.05) is 6.26 Å². The molecule has 0 heterocycles. The minimum Gasteiger partial charge on any atom is -0.480 e. The fourth-order valence-electron chi connectivity index (χ4n) is 2.68. The molecule has 122 valence electrons. The van der Waals surface area contributed by atoms with E-state index in [9.17, 15) is 9.59 Å². The lowest BCUT2D eigenvalue weighted by Gasteiger charge is -2.38. The number of carbonyl (C=O) groups excluding carboxylic acids is 1. The molecular formula is C15H28N2O3S. The summed E-state index contributed by atoms with van der Waals surface area (Å²) in [5.74, 6) is -0.242. The second-order valence-electron chi connectivity index (χ2n) is 6.63. The number of carboxylic acid groups (broad SMARTS) is 1. The zero-order chi connectivity index (χ0) is 16.0. The molecule has 1 aliphatic rings. The van der Waals surface area contributed by atoms with Gasteiger partial charge in [0, 0.05) is 13.1 Å². The number of hydrogen-bond donors (Lipinski definition) is 2. The summed E-state index contributed by atoms with van der Waals surface area (Å²) in [5, 5.41) is 11.8. The van der Waals surface area contributed by atoms with Crippen LogP contribution in [0.1, 0.15) is 46.0 Å². The Morgan fingerprint density at radius 2 is 1.95 bits per heavy atom. The van der Waals surface area contributed by atoms with Gasteiger partial charge in [0.05, 0.1) is 0 Å². The number of carboxylic acids is 1. The highest BCUT2D eigenvalue weighted by Gasteiger charge is 2.31. The maximum atomic E-state index is 12.2. The van der Waals surface area contributed by atoms with E-state index in [1.165, 1.54) is 0 Å². The average molecular weight is 316 g/mol. The maximum Gasteiger partial charge on any atom is 0.326 e. The highest BCUT2D eigenvalue weighted by atomic mass is 32.2. The molecule has 0 aromatic carbocycles. The highest BCUT2D eigenvalue weighted by molar-refractivity contribution is 7.98. The zero-order valence-corrected chi connectivity index (χ0v) is 14.3. The second kappa shape index (κ2) is 7.92. The molecule has 0 aromatic rings. The monoisotopic (exact) mass is 316 g/mol. The van der Waals surface area contributed by atoms with Crippen molar-refractivity contribution < 1.29 is 14.7 Å². The lowest BCUT2D eigenvalue weighted by atomic mass is 9.75. The largest absolute Gasteiger partial charge is 0.480 e. The Morgan fingerprint density at radius 3 is 2.43 bits per heavy atom. The maximum absolute atomic E-state index is 12.2. The number of aliphatic carboxylic acids is 1. The van der Waals surface area contributed by atoms with Crippen molar-refractivity contribution in [2.75, 3.05) is 19.1 Å². The summed E-state index contributed by atoms with van der Waals surface area (Å²) < 4.78 is 0. The minimum atomic E-state index is -0.962. The molecule has 21 heavy (non-hydrogen) atoms. The molecule has 1 unspecified atom stereocenters. The van der Waals surface area contributed by atoms with Crippen molar-refractivity contribution in [2.45, 2.75) is 58.0 Å². The molecule has 1 fully saturated rings. The summed E-state index contributed by atoms with van der Waals surface area (Å²) in [6.45, 7) is 4.51. The number of nitrogens with zero attached hydrogens (tertiary/aromatic N) is 1. The first-order chi connectivity index (χ1) is 9.76. The molecule has 0 aliphatic heterocycles. The highest BCUT2D eigenvalue weighted by Crippen LogP contribution is 2.36. The Morgan fingerprint density at radius 1 is 1.38 bits per heavy atom. The van der Waals surface area contributed by atoms with Gasteiger partial charge in [0.1, 0.15) is 6.04 Å². The van der Waals surface area contributed by atoms with E-state index >= 15 is 0 Å². The number of urea groups is 1. The third-order valence-electron chi connectivity index (χ3n) is 4.38. The van der Waals surface area contributed by atoms with E-state index in [2.05, 4.69) is 19.2 Å². The van der Waals surface area contributed by atoms with E-state index in [0.717, 1.165) is 31.4 Å². The van der Waals surface area contributed by atoms with Crippen LogP contribution in [0, 0.1) is 5.41 Å². The Bertz CT molecular complexity index is 364. The van der Waals surface area contributed by atoms with Crippen LogP contribution in [0.4, 0.5) is 4.79 Å². The number of rotatable bonds is 6. The van der Waals surface area contributed by atoms with Crippen LogP contribution in [0.5, 0.6) is 0 Å². The Kier molecular flexibility index (Phi) is 6.84. The molecule has 0 aromatic heterocycles. The van der Waals surface area contributed by atoms with E-state index in [1.54, 1.807) is 23.7 Å². The molecule has 0 bridgehead atoms. The van der Waals surface area contributed by atoms with Gasteiger partial charge in [-0.3, -0.25) is 0 Å². The average Bonchev–Trinajstić information content (AvgIpc) is 2.42. The van der Waals surface area contributed by atoms with Gasteiger partial charge in [-0.15, -0.1) is 0 Å². The van der Waals surface area contributed by atoms with E-state index < -0.39 is 12.0 Å². The molecule has 1 rings (SSSR count). The Balaban J connectivity index is 2.51. The Hall–Kier alpha value is -0.910. The van der Waals surface area contributed by atoms with Crippen LogP contribution >= 0.6 is 11.8 Å².